The van der Waals surface area contributed by atoms with Crippen LogP contribution < -0.4 is 16.1 Å². The number of carbonyl (C=O) groups excluding carboxylic acids is 2. The number of carboxylic acid groups (broad SMARTS) is 1. The van der Waals surface area contributed by atoms with Gasteiger partial charge in [-0.2, -0.15) is 0 Å². The molecule has 0 aliphatic rings. The highest BCUT2D eigenvalue weighted by Gasteiger charge is 2.35. The molecule has 2 aromatic carbocycles. The lowest BCUT2D eigenvalue weighted by Crippen LogP contribution is -2.59. The Morgan fingerprint density at radius 3 is 2.19 bits per heavy atom. The summed E-state index contributed by atoms with van der Waals surface area (Å²) < 4.78 is 19.1. The quantitative estimate of drug-likeness (QED) is 0.199. The number of halogens is 1. The molecule has 0 aliphatic carbocycles. The zero-order chi connectivity index (χ0) is 31.6. The molecule has 3 unspecified atom stereocenters. The summed E-state index contributed by atoms with van der Waals surface area (Å²) >= 11 is 0. The monoisotopic (exact) mass is 595 g/mol. The van der Waals surface area contributed by atoms with E-state index in [1.165, 1.54) is 25.3 Å². The van der Waals surface area contributed by atoms with Crippen LogP contribution in [-0.2, 0) is 22.5 Å². The van der Waals surface area contributed by atoms with E-state index < -0.39 is 47.5 Å². The molecule has 3 atom stereocenters. The van der Waals surface area contributed by atoms with Crippen LogP contribution in [0.1, 0.15) is 31.9 Å². The molecule has 0 fully saturated rings. The van der Waals surface area contributed by atoms with Crippen molar-refractivity contribution in [2.45, 2.75) is 51.9 Å². The predicted molar refractivity (Wildman–Crippen MR) is 158 cm³/mol. The van der Waals surface area contributed by atoms with Crippen molar-refractivity contribution in [3.8, 4) is 11.1 Å². The van der Waals surface area contributed by atoms with Crippen molar-refractivity contribution in [2.75, 3.05) is 13.7 Å². The SMILES string of the molecule is COC(=O)NC(C(=O)NC(Cc1ccc(-c2ccncc2)cc1)C(O)CN(Cc1ccccc1F)NC(=O)O)C(C)(C)C. The van der Waals surface area contributed by atoms with Crippen LogP contribution in [0.25, 0.3) is 11.1 Å². The minimum Gasteiger partial charge on any atom is -0.464 e. The molecule has 0 saturated heterocycles. The Bertz CT molecular complexity index is 1370. The summed E-state index contributed by atoms with van der Waals surface area (Å²) in [5, 5.41) is 27.3. The molecule has 3 amide bonds. The third-order valence-electron chi connectivity index (χ3n) is 6.77. The summed E-state index contributed by atoms with van der Waals surface area (Å²) in [6, 6.07) is 15.2. The van der Waals surface area contributed by atoms with E-state index in [2.05, 4.69) is 21.0 Å². The first-order chi connectivity index (χ1) is 20.4. The average Bonchev–Trinajstić information content (AvgIpc) is 2.96. The third-order valence-corrected chi connectivity index (χ3v) is 6.77. The number of hydrogen-bond acceptors (Lipinski definition) is 7. The zero-order valence-corrected chi connectivity index (χ0v) is 24.6. The maximum atomic E-state index is 14.4. The second kappa shape index (κ2) is 15.1. The summed E-state index contributed by atoms with van der Waals surface area (Å²) in [7, 11) is 1.19. The number of aromatic nitrogens is 1. The fourth-order valence-electron chi connectivity index (χ4n) is 4.50. The first kappa shape index (κ1) is 33.0. The Labute approximate surface area is 250 Å². The van der Waals surface area contributed by atoms with Crippen LogP contribution in [0.5, 0.6) is 0 Å². The van der Waals surface area contributed by atoms with Crippen LogP contribution >= 0.6 is 0 Å². The molecule has 5 N–H and O–H groups in total. The molecule has 43 heavy (non-hydrogen) atoms. The number of nitrogens with one attached hydrogen (secondary N) is 3. The fourth-order valence-corrected chi connectivity index (χ4v) is 4.50. The molecule has 1 aromatic heterocycles. The molecular formula is C31H38FN5O6. The summed E-state index contributed by atoms with van der Waals surface area (Å²) in [4.78, 5) is 41.1. The number of aliphatic hydroxyl groups excluding tert-OH is 1. The van der Waals surface area contributed by atoms with E-state index in [9.17, 15) is 29.0 Å². The Kier molecular flexibility index (Phi) is 11.6. The van der Waals surface area contributed by atoms with E-state index in [-0.39, 0.29) is 25.1 Å². The van der Waals surface area contributed by atoms with Crippen molar-refractivity contribution >= 4 is 18.1 Å². The molecule has 11 nitrogen and oxygen atoms in total. The van der Waals surface area contributed by atoms with Gasteiger partial charge in [-0.25, -0.2) is 19.0 Å². The highest BCUT2D eigenvalue weighted by Crippen LogP contribution is 2.22. The number of hydrazine groups is 1. The van der Waals surface area contributed by atoms with Gasteiger partial charge in [-0.3, -0.25) is 15.2 Å². The first-order valence-electron chi connectivity index (χ1n) is 13.7. The summed E-state index contributed by atoms with van der Waals surface area (Å²) in [5.74, 6) is -1.10. The van der Waals surface area contributed by atoms with Gasteiger partial charge in [0, 0.05) is 31.0 Å². The number of hydrogen-bond donors (Lipinski definition) is 5. The molecule has 0 aliphatic heterocycles. The van der Waals surface area contributed by atoms with E-state index >= 15 is 0 Å². The van der Waals surface area contributed by atoms with E-state index in [1.54, 1.807) is 39.2 Å². The molecular weight excluding hydrogens is 557 g/mol. The lowest BCUT2D eigenvalue weighted by molar-refractivity contribution is -0.127. The van der Waals surface area contributed by atoms with E-state index in [4.69, 9.17) is 4.74 Å². The fraction of sp³-hybridized carbons (Fsp3) is 0.355. The van der Waals surface area contributed by atoms with Crippen LogP contribution in [0, 0.1) is 11.2 Å². The van der Waals surface area contributed by atoms with Crippen LogP contribution in [0.3, 0.4) is 0 Å². The second-order valence-corrected chi connectivity index (χ2v) is 11.1. The van der Waals surface area contributed by atoms with Gasteiger partial charge in [0.25, 0.3) is 0 Å². The van der Waals surface area contributed by atoms with Crippen LogP contribution in [0.15, 0.2) is 73.1 Å². The van der Waals surface area contributed by atoms with Gasteiger partial charge in [-0.15, -0.1) is 0 Å². The molecule has 12 heteroatoms. The maximum absolute atomic E-state index is 14.4. The van der Waals surface area contributed by atoms with Crippen molar-refractivity contribution in [1.82, 2.24) is 26.1 Å². The molecule has 3 aromatic rings. The van der Waals surface area contributed by atoms with Crippen LogP contribution in [-0.4, -0.2) is 70.1 Å². The molecule has 0 spiro atoms. The molecule has 0 bridgehead atoms. The number of ether oxygens (including phenoxy) is 1. The highest BCUT2D eigenvalue weighted by atomic mass is 19.1. The topological polar surface area (TPSA) is 153 Å². The van der Waals surface area contributed by atoms with E-state index in [1.807, 2.05) is 36.4 Å². The lowest BCUT2D eigenvalue weighted by atomic mass is 9.85. The standard InChI is InChI=1S/C31H38FN5O6/c1-31(2,3)27(35-30(42)43-4)28(39)34-25(17-20-9-11-21(12-10-20)22-13-15-33-16-14-22)26(38)19-37(36-29(40)41)18-23-7-5-6-8-24(23)32/h5-16,25-27,36,38H,17-19H2,1-4H3,(H,34,39)(H,35,42)(H,40,41). The summed E-state index contributed by atoms with van der Waals surface area (Å²) in [6.07, 6.45) is 0.0428. The van der Waals surface area contributed by atoms with Gasteiger partial charge in [0.1, 0.15) is 11.9 Å². The number of benzene rings is 2. The largest absolute Gasteiger partial charge is 0.464 e. The third kappa shape index (κ3) is 10.0. The average molecular weight is 596 g/mol. The molecule has 1 heterocycles. The number of carbonyl (C=O) groups is 3. The van der Waals surface area contributed by atoms with Gasteiger partial charge in [-0.05, 0) is 46.7 Å². The van der Waals surface area contributed by atoms with Gasteiger partial charge < -0.3 is 25.6 Å². The predicted octanol–water partition coefficient (Wildman–Crippen LogP) is 3.73. The van der Waals surface area contributed by atoms with Crippen molar-refractivity contribution in [1.29, 1.82) is 0 Å². The lowest BCUT2D eigenvalue weighted by Gasteiger charge is -2.34. The van der Waals surface area contributed by atoms with Crippen molar-refractivity contribution in [3.63, 3.8) is 0 Å². The van der Waals surface area contributed by atoms with E-state index in [0.29, 0.717) is 0 Å². The number of amides is 3. The van der Waals surface area contributed by atoms with E-state index in [0.717, 1.165) is 21.7 Å². The van der Waals surface area contributed by atoms with Crippen LogP contribution in [0.4, 0.5) is 14.0 Å². The molecule has 3 rings (SSSR count). The van der Waals surface area contributed by atoms with Crippen LogP contribution in [0.2, 0.25) is 0 Å². The molecule has 0 radical (unpaired) electrons. The Morgan fingerprint density at radius 2 is 1.60 bits per heavy atom. The second-order valence-electron chi connectivity index (χ2n) is 11.1. The van der Waals surface area contributed by atoms with Gasteiger partial charge in [0.05, 0.1) is 19.3 Å². The van der Waals surface area contributed by atoms with Gasteiger partial charge in [0.2, 0.25) is 5.91 Å². The minimum absolute atomic E-state index is 0.166. The summed E-state index contributed by atoms with van der Waals surface area (Å²) in [5.41, 5.74) is 4.39. The normalized spacial score (nSPS) is 13.5. The number of methoxy groups -OCH3 is 1. The highest BCUT2D eigenvalue weighted by molar-refractivity contribution is 5.86. The Morgan fingerprint density at radius 1 is 0.977 bits per heavy atom. The Hall–Kier alpha value is -4.55. The number of pyridine rings is 1. The smallest absolute Gasteiger partial charge is 0.419 e. The minimum atomic E-state index is -1.40. The maximum Gasteiger partial charge on any atom is 0.419 e. The van der Waals surface area contributed by atoms with Gasteiger partial charge in [-0.1, -0.05) is 63.2 Å². The number of alkyl carbamates (subject to hydrolysis) is 1. The number of aliphatic hydroxyl groups is 1. The molecule has 230 valence electrons. The van der Waals surface area contributed by atoms with Gasteiger partial charge >= 0.3 is 12.2 Å². The zero-order valence-electron chi connectivity index (χ0n) is 24.6. The number of nitrogens with zero attached hydrogens (tertiary/aromatic N) is 2. The number of rotatable bonds is 12. The summed E-state index contributed by atoms with van der Waals surface area (Å²) in [6.45, 7) is 4.84. The molecule has 0 saturated carbocycles. The van der Waals surface area contributed by atoms with Crippen molar-refractivity contribution < 1.29 is 33.7 Å². The van der Waals surface area contributed by atoms with Crippen molar-refractivity contribution in [3.05, 3.63) is 90.0 Å². The van der Waals surface area contributed by atoms with Crippen molar-refractivity contribution in [2.24, 2.45) is 5.41 Å². The Balaban J connectivity index is 1.88. The first-order valence-corrected chi connectivity index (χ1v) is 13.7. The van der Waals surface area contributed by atoms with Gasteiger partial charge in [0.15, 0.2) is 0 Å².